The van der Waals surface area contributed by atoms with Crippen molar-refractivity contribution in [3.05, 3.63) is 65.7 Å². The van der Waals surface area contributed by atoms with Crippen molar-refractivity contribution in [1.29, 1.82) is 0 Å². The molecule has 0 aliphatic carbocycles. The molecule has 0 saturated heterocycles. The lowest BCUT2D eigenvalue weighted by Crippen LogP contribution is -2.51. The average molecular weight is 453 g/mol. The summed E-state index contributed by atoms with van der Waals surface area (Å²) in [6.07, 6.45) is -0.0382. The van der Waals surface area contributed by atoms with E-state index in [2.05, 4.69) is 16.0 Å². The maximum Gasteiger partial charge on any atom is 0.326 e. The van der Waals surface area contributed by atoms with Gasteiger partial charge < -0.3 is 25.8 Å². The molecule has 0 aromatic heterocycles. The Morgan fingerprint density at radius 1 is 1.00 bits per heavy atom. The number of rotatable bonds is 3. The van der Waals surface area contributed by atoms with E-state index in [0.29, 0.717) is 0 Å². The van der Waals surface area contributed by atoms with Gasteiger partial charge >= 0.3 is 5.97 Å². The topological polar surface area (TPSA) is 134 Å². The van der Waals surface area contributed by atoms with Gasteiger partial charge in [-0.05, 0) is 31.0 Å². The maximum atomic E-state index is 12.9. The van der Waals surface area contributed by atoms with Crippen molar-refractivity contribution >= 4 is 23.7 Å². The number of hydrogen-bond acceptors (Lipinski definition) is 5. The highest BCUT2D eigenvalue weighted by atomic mass is 16.5. The number of hydrogen-bond donors (Lipinski definition) is 4. The van der Waals surface area contributed by atoms with Crippen LogP contribution in [0.2, 0.25) is 0 Å². The van der Waals surface area contributed by atoms with Crippen LogP contribution in [0.1, 0.15) is 35.7 Å². The molecule has 2 aromatic rings. The van der Waals surface area contributed by atoms with Gasteiger partial charge in [-0.15, -0.1) is 0 Å². The van der Waals surface area contributed by atoms with E-state index in [9.17, 15) is 24.3 Å². The quantitative estimate of drug-likeness (QED) is 0.553. The van der Waals surface area contributed by atoms with Crippen molar-refractivity contribution in [1.82, 2.24) is 16.0 Å². The Labute approximate surface area is 191 Å². The minimum atomic E-state index is -1.28. The lowest BCUT2D eigenvalue weighted by atomic mass is 10.0. The lowest BCUT2D eigenvalue weighted by molar-refractivity contribution is -0.139. The number of carboxylic acid groups (broad SMARTS) is 1. The fraction of sp³-hybridized carbons (Fsp3) is 0.333. The van der Waals surface area contributed by atoms with Gasteiger partial charge in [0.05, 0.1) is 11.6 Å². The maximum absolute atomic E-state index is 12.9. The molecular formula is C24H27N3O6. The Kier molecular flexibility index (Phi) is 8.01. The van der Waals surface area contributed by atoms with E-state index in [0.717, 1.165) is 5.56 Å². The van der Waals surface area contributed by atoms with Gasteiger partial charge in [-0.3, -0.25) is 14.4 Å². The van der Waals surface area contributed by atoms with Crippen LogP contribution in [0.25, 0.3) is 0 Å². The second-order valence-electron chi connectivity index (χ2n) is 7.93. The summed E-state index contributed by atoms with van der Waals surface area (Å²) in [6.45, 7) is 1.82. The number of carbonyl (C=O) groups excluding carboxylic acids is 3. The summed E-state index contributed by atoms with van der Waals surface area (Å²) in [5.74, 6) is -2.47. The minimum Gasteiger partial charge on any atom is -0.491 e. The third-order valence-corrected chi connectivity index (χ3v) is 5.21. The van der Waals surface area contributed by atoms with E-state index in [1.54, 1.807) is 25.1 Å². The Balaban J connectivity index is 1.85. The number of carbonyl (C=O) groups is 4. The van der Waals surface area contributed by atoms with Crippen LogP contribution in [0.3, 0.4) is 0 Å². The summed E-state index contributed by atoms with van der Waals surface area (Å²) in [6, 6.07) is 13.2. The van der Waals surface area contributed by atoms with Gasteiger partial charge in [0.25, 0.3) is 5.91 Å². The zero-order valence-electron chi connectivity index (χ0n) is 18.2. The number of amides is 3. The number of fused-ring (bicyclic) bond motifs is 1. The van der Waals surface area contributed by atoms with Gasteiger partial charge in [0.2, 0.25) is 11.8 Å². The van der Waals surface area contributed by atoms with E-state index >= 15 is 0 Å². The smallest absolute Gasteiger partial charge is 0.326 e. The van der Waals surface area contributed by atoms with Gasteiger partial charge in [-0.25, -0.2) is 4.79 Å². The summed E-state index contributed by atoms with van der Waals surface area (Å²) >= 11 is 0. The number of nitrogens with one attached hydrogen (secondary N) is 3. The van der Waals surface area contributed by atoms with Gasteiger partial charge in [0.15, 0.2) is 0 Å². The van der Waals surface area contributed by atoms with Crippen LogP contribution in [-0.4, -0.2) is 53.5 Å². The summed E-state index contributed by atoms with van der Waals surface area (Å²) in [4.78, 5) is 49.9. The average Bonchev–Trinajstić information content (AvgIpc) is 2.80. The van der Waals surface area contributed by atoms with Crippen molar-refractivity contribution in [2.75, 3.05) is 6.61 Å². The second kappa shape index (κ2) is 11.1. The van der Waals surface area contributed by atoms with E-state index in [-0.39, 0.29) is 43.1 Å². The van der Waals surface area contributed by atoms with E-state index in [4.69, 9.17) is 4.74 Å². The Bertz CT molecular complexity index is 1010. The summed E-state index contributed by atoms with van der Waals surface area (Å²) < 4.78 is 5.75. The predicted molar refractivity (Wildman–Crippen MR) is 120 cm³/mol. The Morgan fingerprint density at radius 3 is 2.42 bits per heavy atom. The van der Waals surface area contributed by atoms with E-state index in [1.807, 2.05) is 30.3 Å². The summed E-state index contributed by atoms with van der Waals surface area (Å²) in [5, 5.41) is 17.5. The monoisotopic (exact) mass is 453 g/mol. The normalized spacial score (nSPS) is 22.3. The number of carboxylic acids is 1. The minimum absolute atomic E-state index is 0.0738. The third kappa shape index (κ3) is 6.80. The molecule has 0 bridgehead atoms. The highest BCUT2D eigenvalue weighted by molar-refractivity contribution is 5.99. The van der Waals surface area contributed by atoms with Gasteiger partial charge in [0, 0.05) is 12.8 Å². The van der Waals surface area contributed by atoms with Crippen LogP contribution in [0, 0.1) is 0 Å². The first-order valence-electron chi connectivity index (χ1n) is 10.7. The molecule has 0 saturated carbocycles. The molecule has 174 valence electrons. The van der Waals surface area contributed by atoms with Crippen molar-refractivity contribution in [2.45, 2.75) is 44.3 Å². The van der Waals surface area contributed by atoms with Crippen molar-refractivity contribution in [3.8, 4) is 5.75 Å². The molecule has 0 spiro atoms. The van der Waals surface area contributed by atoms with Crippen LogP contribution in [0.15, 0.2) is 54.6 Å². The number of benzene rings is 2. The molecule has 3 atom stereocenters. The highest BCUT2D eigenvalue weighted by Crippen LogP contribution is 2.19. The molecule has 1 heterocycles. The molecule has 1 aliphatic rings. The first kappa shape index (κ1) is 23.8. The van der Waals surface area contributed by atoms with Crippen LogP contribution >= 0.6 is 0 Å². The van der Waals surface area contributed by atoms with Crippen LogP contribution in [0.4, 0.5) is 0 Å². The fourth-order valence-corrected chi connectivity index (χ4v) is 3.47. The van der Waals surface area contributed by atoms with Crippen molar-refractivity contribution in [2.24, 2.45) is 0 Å². The molecule has 9 nitrogen and oxygen atoms in total. The number of para-hydroxylation sites is 1. The first-order valence-corrected chi connectivity index (χ1v) is 10.7. The largest absolute Gasteiger partial charge is 0.491 e. The van der Waals surface area contributed by atoms with E-state index < -0.39 is 35.9 Å². The SMILES string of the molecule is C[C@H]1COc2ccccc2C(=O)N[C@H](C(=O)O)CCC(=O)N[C@@H](Cc2ccccc2)C(=O)N1. The number of ether oxygens (including phenoxy) is 1. The van der Waals surface area contributed by atoms with Crippen LogP contribution in [-0.2, 0) is 20.8 Å². The molecule has 0 fully saturated rings. The van der Waals surface area contributed by atoms with Gasteiger partial charge in [-0.1, -0.05) is 42.5 Å². The Morgan fingerprint density at radius 2 is 1.70 bits per heavy atom. The summed E-state index contributed by atoms with van der Waals surface area (Å²) in [5.41, 5.74) is 1.04. The van der Waals surface area contributed by atoms with Crippen LogP contribution in [0.5, 0.6) is 5.75 Å². The van der Waals surface area contributed by atoms with Gasteiger partial charge in [0.1, 0.15) is 24.4 Å². The molecule has 33 heavy (non-hydrogen) atoms. The molecule has 9 heteroatoms. The lowest BCUT2D eigenvalue weighted by Gasteiger charge is -2.22. The first-order chi connectivity index (χ1) is 15.8. The number of aliphatic carboxylic acids is 1. The zero-order valence-corrected chi connectivity index (χ0v) is 18.2. The molecule has 0 unspecified atom stereocenters. The van der Waals surface area contributed by atoms with Gasteiger partial charge in [-0.2, -0.15) is 0 Å². The van der Waals surface area contributed by atoms with Crippen molar-refractivity contribution in [3.63, 3.8) is 0 Å². The molecule has 4 N–H and O–H groups in total. The summed E-state index contributed by atoms with van der Waals surface area (Å²) in [7, 11) is 0. The Hall–Kier alpha value is -3.88. The molecule has 1 aliphatic heterocycles. The second-order valence-corrected chi connectivity index (χ2v) is 7.93. The fourth-order valence-electron chi connectivity index (χ4n) is 3.47. The molecule has 3 rings (SSSR count). The standard InChI is InChI=1S/C24H27N3O6/c1-15-14-33-20-10-6-5-9-17(20)22(29)27-18(24(31)32)11-12-21(28)26-19(23(30)25-15)13-16-7-3-2-4-8-16/h2-10,15,18-19H,11-14H2,1H3,(H,25,30)(H,26,28)(H,27,29)(H,31,32)/t15-,18-,19-/m0/s1. The van der Waals surface area contributed by atoms with E-state index in [1.165, 1.54) is 6.07 Å². The predicted octanol–water partition coefficient (Wildman–Crippen LogP) is 1.27. The molecular weight excluding hydrogens is 426 g/mol. The highest BCUT2D eigenvalue weighted by Gasteiger charge is 2.27. The molecule has 2 aromatic carbocycles. The molecule has 0 radical (unpaired) electrons. The van der Waals surface area contributed by atoms with Crippen LogP contribution < -0.4 is 20.7 Å². The van der Waals surface area contributed by atoms with Crippen molar-refractivity contribution < 1.29 is 29.0 Å². The third-order valence-electron chi connectivity index (χ3n) is 5.21. The molecule has 3 amide bonds. The zero-order chi connectivity index (χ0) is 23.8.